The monoisotopic (exact) mass is 383 g/mol. The van der Waals surface area contributed by atoms with Crippen molar-refractivity contribution in [2.45, 2.75) is 26.3 Å². The van der Waals surface area contributed by atoms with Gasteiger partial charge in [0.25, 0.3) is 0 Å². The van der Waals surface area contributed by atoms with Crippen LogP contribution in [0.5, 0.6) is 0 Å². The van der Waals surface area contributed by atoms with Crippen LogP contribution in [0.3, 0.4) is 0 Å². The quantitative estimate of drug-likeness (QED) is 0.405. The highest BCUT2D eigenvalue weighted by Crippen LogP contribution is 2.19. The van der Waals surface area contributed by atoms with Crippen molar-refractivity contribution < 1.29 is 22.5 Å². The Morgan fingerprint density at radius 3 is 2.59 bits per heavy atom. The molecule has 0 aliphatic heterocycles. The lowest BCUT2D eigenvalue weighted by Gasteiger charge is -2.11. The second-order valence-corrected chi connectivity index (χ2v) is 5.92. The third-order valence-electron chi connectivity index (χ3n) is 3.55. The van der Waals surface area contributed by atoms with E-state index in [4.69, 9.17) is 4.52 Å². The van der Waals surface area contributed by atoms with Crippen molar-refractivity contribution in [3.05, 3.63) is 47.1 Å². The SMILES string of the molecule is CN=C(NCC(=O)Nc1ccc(F)c(F)c1F)NCc1cc(C(C)C)no1. The Morgan fingerprint density at radius 1 is 1.22 bits per heavy atom. The molecule has 7 nitrogen and oxygen atoms in total. The summed E-state index contributed by atoms with van der Waals surface area (Å²) in [5.74, 6) is -3.98. The summed E-state index contributed by atoms with van der Waals surface area (Å²) in [5.41, 5.74) is 0.370. The molecule has 146 valence electrons. The van der Waals surface area contributed by atoms with E-state index in [2.05, 4.69) is 26.1 Å². The lowest BCUT2D eigenvalue weighted by atomic mass is 10.1. The highest BCUT2D eigenvalue weighted by Gasteiger charge is 2.15. The average Bonchev–Trinajstić information content (AvgIpc) is 3.12. The van der Waals surface area contributed by atoms with Crippen LogP contribution in [-0.4, -0.2) is 30.6 Å². The Bertz CT molecular complexity index is 836. The van der Waals surface area contributed by atoms with Crippen LogP contribution >= 0.6 is 0 Å². The topological polar surface area (TPSA) is 91.5 Å². The number of nitrogens with one attached hydrogen (secondary N) is 3. The molecule has 1 aromatic heterocycles. The van der Waals surface area contributed by atoms with Gasteiger partial charge >= 0.3 is 0 Å². The first-order valence-corrected chi connectivity index (χ1v) is 8.15. The van der Waals surface area contributed by atoms with E-state index in [1.165, 1.54) is 7.05 Å². The minimum atomic E-state index is -1.65. The number of anilines is 1. The van der Waals surface area contributed by atoms with Gasteiger partial charge in [0.2, 0.25) is 5.91 Å². The highest BCUT2D eigenvalue weighted by atomic mass is 19.2. The second-order valence-electron chi connectivity index (χ2n) is 5.92. The van der Waals surface area contributed by atoms with Crippen molar-refractivity contribution in [1.29, 1.82) is 0 Å². The van der Waals surface area contributed by atoms with Gasteiger partial charge in [-0.3, -0.25) is 9.79 Å². The van der Waals surface area contributed by atoms with E-state index in [9.17, 15) is 18.0 Å². The van der Waals surface area contributed by atoms with Gasteiger partial charge in [-0.2, -0.15) is 0 Å². The number of rotatable bonds is 6. The fraction of sp³-hybridized carbons (Fsp3) is 0.353. The molecule has 0 saturated heterocycles. The molecule has 0 bridgehead atoms. The number of carbonyl (C=O) groups excluding carboxylic acids is 1. The Balaban J connectivity index is 1.84. The highest BCUT2D eigenvalue weighted by molar-refractivity contribution is 5.95. The predicted octanol–water partition coefficient (Wildman–Crippen LogP) is 2.52. The Hall–Kier alpha value is -3.04. The van der Waals surface area contributed by atoms with Crippen molar-refractivity contribution in [2.24, 2.45) is 4.99 Å². The van der Waals surface area contributed by atoms with Crippen LogP contribution in [0, 0.1) is 17.5 Å². The molecule has 2 rings (SSSR count). The van der Waals surface area contributed by atoms with Gasteiger partial charge in [-0.1, -0.05) is 19.0 Å². The number of carbonyl (C=O) groups is 1. The molecular formula is C17H20F3N5O2. The van der Waals surface area contributed by atoms with E-state index < -0.39 is 29.0 Å². The van der Waals surface area contributed by atoms with E-state index in [1.54, 1.807) is 0 Å². The smallest absolute Gasteiger partial charge is 0.243 e. The third-order valence-corrected chi connectivity index (χ3v) is 3.55. The molecule has 1 aromatic carbocycles. The molecule has 0 unspecified atom stereocenters. The van der Waals surface area contributed by atoms with E-state index in [0.717, 1.165) is 17.8 Å². The van der Waals surface area contributed by atoms with Gasteiger partial charge in [0.05, 0.1) is 24.5 Å². The van der Waals surface area contributed by atoms with Gasteiger partial charge in [-0.05, 0) is 18.1 Å². The summed E-state index contributed by atoms with van der Waals surface area (Å²) in [7, 11) is 1.50. The normalized spacial score (nSPS) is 11.6. The van der Waals surface area contributed by atoms with Crippen LogP contribution in [0.25, 0.3) is 0 Å². The molecule has 0 radical (unpaired) electrons. The van der Waals surface area contributed by atoms with Gasteiger partial charge in [0.1, 0.15) is 0 Å². The Morgan fingerprint density at radius 2 is 1.96 bits per heavy atom. The van der Waals surface area contributed by atoms with Crippen LogP contribution in [0.2, 0.25) is 0 Å². The van der Waals surface area contributed by atoms with Crippen molar-refractivity contribution in [3.8, 4) is 0 Å². The average molecular weight is 383 g/mol. The lowest BCUT2D eigenvalue weighted by Crippen LogP contribution is -2.41. The fourth-order valence-electron chi connectivity index (χ4n) is 2.06. The summed E-state index contributed by atoms with van der Waals surface area (Å²) in [6.07, 6.45) is 0. The van der Waals surface area contributed by atoms with Crippen LogP contribution in [0.1, 0.15) is 31.2 Å². The van der Waals surface area contributed by atoms with Gasteiger partial charge in [0, 0.05) is 13.1 Å². The summed E-state index contributed by atoms with van der Waals surface area (Å²) in [4.78, 5) is 15.8. The fourth-order valence-corrected chi connectivity index (χ4v) is 2.06. The molecule has 0 atom stereocenters. The van der Waals surface area contributed by atoms with Crippen LogP contribution in [-0.2, 0) is 11.3 Å². The third kappa shape index (κ3) is 5.47. The van der Waals surface area contributed by atoms with Gasteiger partial charge in [-0.25, -0.2) is 13.2 Å². The minimum absolute atomic E-state index is 0.236. The van der Waals surface area contributed by atoms with Crippen molar-refractivity contribution >= 4 is 17.6 Å². The number of aromatic nitrogens is 1. The van der Waals surface area contributed by atoms with Crippen LogP contribution in [0.15, 0.2) is 27.7 Å². The lowest BCUT2D eigenvalue weighted by molar-refractivity contribution is -0.115. The molecular weight excluding hydrogens is 363 g/mol. The zero-order chi connectivity index (χ0) is 20.0. The molecule has 0 spiro atoms. The first-order chi connectivity index (χ1) is 12.8. The maximum atomic E-state index is 13.6. The zero-order valence-electron chi connectivity index (χ0n) is 15.1. The number of halogens is 3. The second kappa shape index (κ2) is 9.06. The van der Waals surface area contributed by atoms with Crippen molar-refractivity contribution in [1.82, 2.24) is 15.8 Å². The molecule has 3 N–H and O–H groups in total. The molecule has 27 heavy (non-hydrogen) atoms. The zero-order valence-corrected chi connectivity index (χ0v) is 15.1. The molecule has 0 aliphatic carbocycles. The molecule has 2 aromatic rings. The first kappa shape index (κ1) is 20.3. The maximum absolute atomic E-state index is 13.6. The number of aliphatic imine (C=N–C) groups is 1. The van der Waals surface area contributed by atoms with Crippen LogP contribution in [0.4, 0.5) is 18.9 Å². The van der Waals surface area contributed by atoms with Gasteiger partial charge < -0.3 is 20.5 Å². The number of guanidine groups is 1. The first-order valence-electron chi connectivity index (χ1n) is 8.15. The standard InChI is InChI=1S/C17H20F3N5O2/c1-9(2)13-6-10(27-25-13)7-22-17(21-3)23-8-14(26)24-12-5-4-11(18)15(19)16(12)20/h4-6,9H,7-8H2,1-3H3,(H,24,26)(H2,21,22,23). The van der Waals surface area contributed by atoms with E-state index >= 15 is 0 Å². The molecule has 0 saturated carbocycles. The van der Waals surface area contributed by atoms with E-state index in [1.807, 2.05) is 19.9 Å². The van der Waals surface area contributed by atoms with E-state index in [-0.39, 0.29) is 12.5 Å². The Kier molecular flexibility index (Phi) is 6.80. The van der Waals surface area contributed by atoms with E-state index in [0.29, 0.717) is 18.3 Å². The molecule has 1 amide bonds. The minimum Gasteiger partial charge on any atom is -0.359 e. The Labute approximate surface area is 154 Å². The van der Waals surface area contributed by atoms with Crippen molar-refractivity contribution in [2.75, 3.05) is 18.9 Å². The van der Waals surface area contributed by atoms with Gasteiger partial charge in [0.15, 0.2) is 29.2 Å². The summed E-state index contributed by atoms with van der Waals surface area (Å²) in [5, 5.41) is 11.7. The number of amides is 1. The predicted molar refractivity (Wildman–Crippen MR) is 93.7 cm³/mol. The van der Waals surface area contributed by atoms with Gasteiger partial charge in [-0.15, -0.1) is 0 Å². The molecule has 1 heterocycles. The van der Waals surface area contributed by atoms with Crippen molar-refractivity contribution in [3.63, 3.8) is 0 Å². The summed E-state index contributed by atoms with van der Waals surface area (Å²) < 4.78 is 44.8. The molecule has 10 heteroatoms. The number of benzene rings is 1. The maximum Gasteiger partial charge on any atom is 0.243 e. The number of nitrogens with zero attached hydrogens (tertiary/aromatic N) is 2. The van der Waals surface area contributed by atoms with Crippen LogP contribution < -0.4 is 16.0 Å². The summed E-state index contributed by atoms with van der Waals surface area (Å²) in [6, 6.07) is 3.48. The number of hydrogen-bond acceptors (Lipinski definition) is 4. The summed E-state index contributed by atoms with van der Waals surface area (Å²) in [6.45, 7) is 4.00. The molecule has 0 aliphatic rings. The number of hydrogen-bond donors (Lipinski definition) is 3. The summed E-state index contributed by atoms with van der Waals surface area (Å²) >= 11 is 0. The molecule has 0 fully saturated rings. The largest absolute Gasteiger partial charge is 0.359 e.